The van der Waals surface area contributed by atoms with Gasteiger partial charge in [0.2, 0.25) is 5.92 Å². The summed E-state index contributed by atoms with van der Waals surface area (Å²) in [4.78, 5) is 0. The maximum absolute atomic E-state index is 13.2. The summed E-state index contributed by atoms with van der Waals surface area (Å²) < 4.78 is 27.4. The molecule has 18 heavy (non-hydrogen) atoms. The lowest BCUT2D eigenvalue weighted by Crippen LogP contribution is -2.12. The molecule has 0 amide bonds. The Morgan fingerprint density at radius 3 is 2.78 bits per heavy atom. The summed E-state index contributed by atoms with van der Waals surface area (Å²) in [5.41, 5.74) is 1.13. The van der Waals surface area contributed by atoms with Crippen LogP contribution in [0, 0.1) is 5.92 Å². The second-order valence-corrected chi connectivity index (χ2v) is 6.33. The van der Waals surface area contributed by atoms with E-state index in [1.807, 2.05) is 24.3 Å². The van der Waals surface area contributed by atoms with Crippen molar-refractivity contribution in [1.29, 1.82) is 0 Å². The smallest absolute Gasteiger partial charge is 0.207 e. The number of alkyl halides is 3. The van der Waals surface area contributed by atoms with Gasteiger partial charge in [-0.05, 0) is 42.4 Å². The van der Waals surface area contributed by atoms with Gasteiger partial charge in [-0.1, -0.05) is 28.1 Å². The van der Waals surface area contributed by atoms with Gasteiger partial charge in [-0.2, -0.15) is 0 Å². The van der Waals surface area contributed by atoms with Crippen molar-refractivity contribution in [2.45, 2.75) is 37.5 Å². The van der Waals surface area contributed by atoms with Crippen LogP contribution in [0.4, 0.5) is 8.78 Å². The lowest BCUT2D eigenvalue weighted by atomic mass is 9.89. The van der Waals surface area contributed by atoms with Crippen LogP contribution < -0.4 is 0 Å². The quantitative estimate of drug-likeness (QED) is 0.628. The second kappa shape index (κ2) is 5.87. The number of hydrogen-bond donors (Lipinski definition) is 0. The standard InChI is InChI=1S/C14H16BrClF2/c15-13-3-1-2-11(7-13)12(9-16)6-10-4-5-14(17,18)8-10/h1-3,7,10,12H,4-6,8-9H2. The van der Waals surface area contributed by atoms with Gasteiger partial charge in [0.1, 0.15) is 0 Å². The van der Waals surface area contributed by atoms with Crippen molar-refractivity contribution in [3.8, 4) is 0 Å². The van der Waals surface area contributed by atoms with Crippen molar-refractivity contribution in [3.05, 3.63) is 34.3 Å². The molecule has 0 aromatic heterocycles. The third-order valence-electron chi connectivity index (χ3n) is 3.63. The molecule has 100 valence electrons. The van der Waals surface area contributed by atoms with Crippen LogP contribution in [0.3, 0.4) is 0 Å². The van der Waals surface area contributed by atoms with Gasteiger partial charge in [0.25, 0.3) is 0 Å². The van der Waals surface area contributed by atoms with Crippen molar-refractivity contribution in [3.63, 3.8) is 0 Å². The Labute approximate surface area is 120 Å². The molecule has 0 N–H and O–H groups in total. The van der Waals surface area contributed by atoms with Gasteiger partial charge in [-0.3, -0.25) is 0 Å². The van der Waals surface area contributed by atoms with Crippen molar-refractivity contribution in [1.82, 2.24) is 0 Å². The highest BCUT2D eigenvalue weighted by atomic mass is 79.9. The molecule has 0 radical (unpaired) electrons. The van der Waals surface area contributed by atoms with E-state index in [9.17, 15) is 8.78 Å². The normalized spacial score (nSPS) is 24.1. The zero-order valence-electron chi connectivity index (χ0n) is 10.0. The Balaban J connectivity index is 2.02. The maximum Gasteiger partial charge on any atom is 0.248 e. The first-order chi connectivity index (χ1) is 8.50. The molecule has 1 aliphatic carbocycles. The van der Waals surface area contributed by atoms with Crippen LogP contribution in [-0.4, -0.2) is 11.8 Å². The Kier molecular flexibility index (Phi) is 4.65. The van der Waals surface area contributed by atoms with E-state index in [1.54, 1.807) is 0 Å². The Morgan fingerprint density at radius 2 is 2.22 bits per heavy atom. The topological polar surface area (TPSA) is 0 Å². The molecule has 1 fully saturated rings. The summed E-state index contributed by atoms with van der Waals surface area (Å²) in [5.74, 6) is -1.71. The predicted octanol–water partition coefficient (Wildman–Crippen LogP) is 5.60. The molecule has 2 atom stereocenters. The van der Waals surface area contributed by atoms with E-state index in [1.165, 1.54) is 0 Å². The second-order valence-electron chi connectivity index (χ2n) is 5.11. The van der Waals surface area contributed by atoms with E-state index in [4.69, 9.17) is 11.6 Å². The van der Waals surface area contributed by atoms with Crippen LogP contribution in [0.2, 0.25) is 0 Å². The van der Waals surface area contributed by atoms with Gasteiger partial charge in [-0.25, -0.2) is 8.78 Å². The first-order valence-corrected chi connectivity index (χ1v) is 7.52. The molecule has 0 spiro atoms. The van der Waals surface area contributed by atoms with Crippen molar-refractivity contribution >= 4 is 27.5 Å². The molecule has 0 nitrogen and oxygen atoms in total. The fraction of sp³-hybridized carbons (Fsp3) is 0.571. The molecule has 4 heteroatoms. The average molecular weight is 338 g/mol. The van der Waals surface area contributed by atoms with E-state index in [0.717, 1.165) is 16.5 Å². The van der Waals surface area contributed by atoms with Crippen molar-refractivity contribution in [2.24, 2.45) is 5.92 Å². The van der Waals surface area contributed by atoms with Crippen LogP contribution in [0.5, 0.6) is 0 Å². The number of rotatable bonds is 4. The first kappa shape index (κ1) is 14.3. The molecular weight excluding hydrogens is 322 g/mol. The summed E-state index contributed by atoms with van der Waals surface area (Å²) in [6, 6.07) is 7.96. The Bertz CT molecular complexity index is 409. The molecule has 2 rings (SSSR count). The molecule has 0 aliphatic heterocycles. The number of benzene rings is 1. The molecule has 0 saturated heterocycles. The minimum Gasteiger partial charge on any atom is -0.207 e. The van der Waals surface area contributed by atoms with E-state index in [-0.39, 0.29) is 24.7 Å². The van der Waals surface area contributed by atoms with E-state index < -0.39 is 5.92 Å². The lowest BCUT2D eigenvalue weighted by Gasteiger charge is -2.19. The molecule has 1 saturated carbocycles. The highest BCUT2D eigenvalue weighted by molar-refractivity contribution is 9.10. The van der Waals surface area contributed by atoms with Crippen molar-refractivity contribution < 1.29 is 8.78 Å². The molecular formula is C14H16BrClF2. The van der Waals surface area contributed by atoms with Crippen LogP contribution >= 0.6 is 27.5 Å². The molecule has 2 unspecified atom stereocenters. The van der Waals surface area contributed by atoms with Gasteiger partial charge >= 0.3 is 0 Å². The van der Waals surface area contributed by atoms with Gasteiger partial charge in [-0.15, -0.1) is 11.6 Å². The summed E-state index contributed by atoms with van der Waals surface area (Å²) in [6.07, 6.45) is 1.43. The molecule has 0 bridgehead atoms. The molecule has 1 aliphatic rings. The molecule has 1 aromatic rings. The monoisotopic (exact) mass is 336 g/mol. The van der Waals surface area contributed by atoms with Gasteiger partial charge in [0, 0.05) is 23.2 Å². The predicted molar refractivity (Wildman–Crippen MR) is 74.5 cm³/mol. The molecule has 1 aromatic carbocycles. The number of hydrogen-bond acceptors (Lipinski definition) is 0. The first-order valence-electron chi connectivity index (χ1n) is 6.19. The summed E-state index contributed by atoms with van der Waals surface area (Å²) in [7, 11) is 0. The maximum atomic E-state index is 13.2. The fourth-order valence-electron chi connectivity index (χ4n) is 2.69. The zero-order valence-corrected chi connectivity index (χ0v) is 12.4. The highest BCUT2D eigenvalue weighted by Gasteiger charge is 2.39. The third kappa shape index (κ3) is 3.67. The third-order valence-corrected chi connectivity index (χ3v) is 4.50. The summed E-state index contributed by atoms with van der Waals surface area (Å²) in [6.45, 7) is 0. The SMILES string of the molecule is FC1(F)CCC(CC(CCl)c2cccc(Br)c2)C1. The summed E-state index contributed by atoms with van der Waals surface area (Å²) in [5, 5.41) is 0. The van der Waals surface area contributed by atoms with E-state index in [0.29, 0.717) is 12.3 Å². The van der Waals surface area contributed by atoms with Gasteiger partial charge in [0.15, 0.2) is 0 Å². The van der Waals surface area contributed by atoms with E-state index >= 15 is 0 Å². The van der Waals surface area contributed by atoms with Crippen LogP contribution in [0.15, 0.2) is 28.7 Å². The van der Waals surface area contributed by atoms with E-state index in [2.05, 4.69) is 15.9 Å². The highest BCUT2D eigenvalue weighted by Crippen LogP contribution is 2.43. The lowest BCUT2D eigenvalue weighted by molar-refractivity contribution is 0.00451. The zero-order chi connectivity index (χ0) is 13.2. The van der Waals surface area contributed by atoms with Gasteiger partial charge in [0.05, 0.1) is 0 Å². The minimum atomic E-state index is -2.46. The Hall–Kier alpha value is -0.150. The number of halogens is 4. The minimum absolute atomic E-state index is 0.0222. The average Bonchev–Trinajstić information content (AvgIpc) is 2.65. The fourth-order valence-corrected chi connectivity index (χ4v) is 3.42. The largest absolute Gasteiger partial charge is 0.248 e. The Morgan fingerprint density at radius 1 is 1.44 bits per heavy atom. The summed E-state index contributed by atoms with van der Waals surface area (Å²) >= 11 is 9.43. The van der Waals surface area contributed by atoms with Crippen LogP contribution in [0.25, 0.3) is 0 Å². The van der Waals surface area contributed by atoms with Crippen LogP contribution in [0.1, 0.15) is 37.2 Å². The van der Waals surface area contributed by atoms with Crippen LogP contribution in [-0.2, 0) is 0 Å². The van der Waals surface area contributed by atoms with Gasteiger partial charge < -0.3 is 0 Å². The molecule has 0 heterocycles. The van der Waals surface area contributed by atoms with Crippen molar-refractivity contribution in [2.75, 3.05) is 5.88 Å².